The summed E-state index contributed by atoms with van der Waals surface area (Å²) in [5.41, 5.74) is 5.12. The van der Waals surface area contributed by atoms with Gasteiger partial charge in [0.2, 0.25) is 0 Å². The number of hydrogen-bond donors (Lipinski definition) is 1. The summed E-state index contributed by atoms with van der Waals surface area (Å²) in [6, 6.07) is 0. The molecule has 0 radical (unpaired) electrons. The Kier molecular flexibility index (Phi) is 19.1. The van der Waals surface area contributed by atoms with Crippen LogP contribution in [-0.2, 0) is 33.2 Å². The summed E-state index contributed by atoms with van der Waals surface area (Å²) in [5, 5.41) is 0. The van der Waals surface area contributed by atoms with Gasteiger partial charge in [0.1, 0.15) is 12.8 Å². The van der Waals surface area contributed by atoms with Gasteiger partial charge in [0.05, 0.1) is 72.7 Å². The van der Waals surface area contributed by atoms with Crippen molar-refractivity contribution in [1.29, 1.82) is 0 Å². The molecule has 0 aromatic rings. The largest absolute Gasteiger partial charge is 0.377 e. The van der Waals surface area contributed by atoms with Crippen molar-refractivity contribution in [2.45, 2.75) is 13.1 Å². The third-order valence-electron chi connectivity index (χ3n) is 2.72. The van der Waals surface area contributed by atoms with E-state index in [1.54, 1.807) is 0 Å². The Bertz CT molecular complexity index is 298. The Balaban J connectivity index is 3.02. The highest BCUT2D eigenvalue weighted by atomic mass is 19.1. The van der Waals surface area contributed by atoms with E-state index in [4.69, 9.17) is 34.2 Å². The summed E-state index contributed by atoms with van der Waals surface area (Å²) in [5.74, 6) is -0.000447. The number of alkyl halides is 1. The quantitative estimate of drug-likeness (QED) is 0.299. The molecule has 0 rings (SSSR count). The smallest absolute Gasteiger partial charge is 0.155 e. The molecule has 2 N–H and O–H groups in total. The molecule has 1 unspecified atom stereocenters. The van der Waals surface area contributed by atoms with Crippen molar-refractivity contribution in [3.8, 4) is 0 Å². The summed E-state index contributed by atoms with van der Waals surface area (Å²) >= 11 is 0. The van der Waals surface area contributed by atoms with E-state index in [2.05, 4.69) is 0 Å². The van der Waals surface area contributed by atoms with E-state index in [-0.39, 0.29) is 25.5 Å². The molecule has 0 aliphatic rings. The van der Waals surface area contributed by atoms with Gasteiger partial charge in [-0.25, -0.2) is 4.39 Å². The number of rotatable bonds is 20. The second kappa shape index (κ2) is 19.6. The fourth-order valence-electron chi connectivity index (χ4n) is 1.49. The molecule has 0 aromatic carbocycles. The first-order valence-corrected chi connectivity index (χ1v) is 8.46. The number of nitrogens with two attached hydrogens (primary N) is 1. The van der Waals surface area contributed by atoms with Crippen LogP contribution in [0.1, 0.15) is 6.92 Å². The molecule has 150 valence electrons. The maximum absolute atomic E-state index is 12.7. The van der Waals surface area contributed by atoms with Crippen LogP contribution >= 0.6 is 0 Å². The summed E-state index contributed by atoms with van der Waals surface area (Å²) < 4.78 is 43.9. The lowest BCUT2D eigenvalue weighted by molar-refractivity contribution is -0.122. The Hall–Kier alpha value is -0.680. The molecule has 25 heavy (non-hydrogen) atoms. The molecule has 1 atom stereocenters. The average molecular weight is 369 g/mol. The standard InChI is InChI=1S/C16H32FNO7/c1-15(19)13-24-10-8-22-6-4-20-2-3-21-5-7-23-9-11-25-14-16(17)12-18/h16H,2-14,18H2,1H3. The molecule has 0 saturated heterocycles. The Morgan fingerprint density at radius 1 is 0.760 bits per heavy atom. The van der Waals surface area contributed by atoms with Crippen LogP contribution < -0.4 is 5.73 Å². The molecule has 0 spiro atoms. The van der Waals surface area contributed by atoms with Crippen LogP contribution in [0.2, 0.25) is 0 Å². The first kappa shape index (κ1) is 24.3. The van der Waals surface area contributed by atoms with E-state index in [1.165, 1.54) is 6.92 Å². The molecule has 9 heteroatoms. The monoisotopic (exact) mass is 369 g/mol. The van der Waals surface area contributed by atoms with E-state index in [1.807, 2.05) is 0 Å². The van der Waals surface area contributed by atoms with Gasteiger partial charge in [-0.05, 0) is 6.92 Å². The molecule has 0 aromatic heterocycles. The third-order valence-corrected chi connectivity index (χ3v) is 2.72. The van der Waals surface area contributed by atoms with Gasteiger partial charge in [-0.1, -0.05) is 0 Å². The summed E-state index contributed by atoms with van der Waals surface area (Å²) in [6.45, 7) is 5.94. The summed E-state index contributed by atoms with van der Waals surface area (Å²) in [4.78, 5) is 10.6. The van der Waals surface area contributed by atoms with Gasteiger partial charge in [-0.3, -0.25) is 4.79 Å². The summed E-state index contributed by atoms with van der Waals surface area (Å²) in [7, 11) is 0. The van der Waals surface area contributed by atoms with E-state index >= 15 is 0 Å². The van der Waals surface area contributed by atoms with E-state index in [0.29, 0.717) is 66.1 Å². The van der Waals surface area contributed by atoms with Crippen LogP contribution in [0, 0.1) is 0 Å². The van der Waals surface area contributed by atoms with Gasteiger partial charge in [0.15, 0.2) is 5.78 Å². The molecule has 0 amide bonds. The topological polar surface area (TPSA) is 98.5 Å². The van der Waals surface area contributed by atoms with Crippen molar-refractivity contribution < 1.29 is 37.6 Å². The second-order valence-electron chi connectivity index (χ2n) is 5.11. The minimum absolute atomic E-state index is 0.000447. The molecule has 0 aliphatic heterocycles. The predicted octanol–water partition coefficient (Wildman–Crippen LogP) is -0.0282. The lowest BCUT2D eigenvalue weighted by Gasteiger charge is -2.08. The zero-order valence-electron chi connectivity index (χ0n) is 15.1. The maximum Gasteiger partial charge on any atom is 0.155 e. The van der Waals surface area contributed by atoms with Crippen molar-refractivity contribution in [3.05, 3.63) is 0 Å². The fourth-order valence-corrected chi connectivity index (χ4v) is 1.49. The van der Waals surface area contributed by atoms with Crippen molar-refractivity contribution in [3.63, 3.8) is 0 Å². The zero-order valence-corrected chi connectivity index (χ0v) is 15.1. The molecule has 0 saturated carbocycles. The Morgan fingerprint density at radius 2 is 1.12 bits per heavy atom. The number of ketones is 1. The van der Waals surface area contributed by atoms with E-state index < -0.39 is 6.17 Å². The van der Waals surface area contributed by atoms with Gasteiger partial charge < -0.3 is 34.2 Å². The Labute approximate surface area is 149 Å². The van der Waals surface area contributed by atoms with Crippen molar-refractivity contribution in [1.82, 2.24) is 0 Å². The minimum atomic E-state index is -1.12. The normalized spacial score (nSPS) is 12.4. The fraction of sp³-hybridized carbons (Fsp3) is 0.938. The predicted molar refractivity (Wildman–Crippen MR) is 89.5 cm³/mol. The highest BCUT2D eigenvalue weighted by molar-refractivity contribution is 5.76. The second-order valence-corrected chi connectivity index (χ2v) is 5.11. The van der Waals surface area contributed by atoms with Crippen LogP contribution in [0.15, 0.2) is 0 Å². The highest BCUT2D eigenvalue weighted by Crippen LogP contribution is 1.89. The van der Waals surface area contributed by atoms with Crippen LogP contribution in [0.3, 0.4) is 0 Å². The lowest BCUT2D eigenvalue weighted by Crippen LogP contribution is -2.22. The van der Waals surface area contributed by atoms with Crippen molar-refractivity contribution in [2.24, 2.45) is 5.73 Å². The zero-order chi connectivity index (χ0) is 18.6. The number of carbonyl (C=O) groups is 1. The summed E-state index contributed by atoms with van der Waals surface area (Å²) in [6.07, 6.45) is -1.12. The average Bonchev–Trinajstić information content (AvgIpc) is 2.60. The number of ether oxygens (including phenoxy) is 6. The SMILES string of the molecule is CC(=O)COCCOCCOCCOCCOCCOCC(F)CN. The Morgan fingerprint density at radius 3 is 1.48 bits per heavy atom. The van der Waals surface area contributed by atoms with Crippen LogP contribution in [0.4, 0.5) is 4.39 Å². The van der Waals surface area contributed by atoms with Crippen molar-refractivity contribution in [2.75, 3.05) is 85.8 Å². The lowest BCUT2D eigenvalue weighted by atomic mass is 10.4. The van der Waals surface area contributed by atoms with Gasteiger partial charge in [-0.15, -0.1) is 0 Å². The number of hydrogen-bond acceptors (Lipinski definition) is 8. The third kappa shape index (κ3) is 21.3. The maximum atomic E-state index is 12.7. The van der Waals surface area contributed by atoms with Gasteiger partial charge in [-0.2, -0.15) is 0 Å². The number of carbonyl (C=O) groups excluding carboxylic acids is 1. The van der Waals surface area contributed by atoms with E-state index in [9.17, 15) is 9.18 Å². The minimum Gasteiger partial charge on any atom is -0.377 e. The highest BCUT2D eigenvalue weighted by Gasteiger charge is 2.02. The van der Waals surface area contributed by atoms with Crippen LogP contribution in [0.5, 0.6) is 0 Å². The van der Waals surface area contributed by atoms with Gasteiger partial charge >= 0.3 is 0 Å². The van der Waals surface area contributed by atoms with E-state index in [0.717, 1.165) is 0 Å². The number of Topliss-reactive ketones (excluding diaryl/α,β-unsaturated/α-hetero) is 1. The van der Waals surface area contributed by atoms with Gasteiger partial charge in [0, 0.05) is 6.54 Å². The van der Waals surface area contributed by atoms with Crippen LogP contribution in [0.25, 0.3) is 0 Å². The first-order chi connectivity index (χ1) is 12.2. The van der Waals surface area contributed by atoms with Crippen LogP contribution in [-0.4, -0.2) is 97.8 Å². The molecule has 0 bridgehead atoms. The molecule has 0 aliphatic carbocycles. The molecule has 0 heterocycles. The molecular weight excluding hydrogens is 337 g/mol. The molecular formula is C16H32FNO7. The van der Waals surface area contributed by atoms with Crippen molar-refractivity contribution >= 4 is 5.78 Å². The van der Waals surface area contributed by atoms with Gasteiger partial charge in [0.25, 0.3) is 0 Å². The number of halogens is 1. The molecule has 0 fully saturated rings. The molecule has 8 nitrogen and oxygen atoms in total. The first-order valence-electron chi connectivity index (χ1n) is 8.46.